The molecule has 2 aromatic carbocycles. The van der Waals surface area contributed by atoms with E-state index in [0.29, 0.717) is 11.8 Å². The summed E-state index contributed by atoms with van der Waals surface area (Å²) in [6.45, 7) is 4.23. The molecule has 0 aliphatic heterocycles. The molecule has 27 heavy (non-hydrogen) atoms. The third-order valence-electron chi connectivity index (χ3n) is 7.60. The van der Waals surface area contributed by atoms with Gasteiger partial charge in [0.2, 0.25) is 5.91 Å². The van der Waals surface area contributed by atoms with E-state index in [2.05, 4.69) is 49.5 Å². The van der Waals surface area contributed by atoms with Crippen LogP contribution in [-0.4, -0.2) is 5.91 Å². The Morgan fingerprint density at radius 3 is 2.26 bits per heavy atom. The molecular weight excluding hydrogens is 330 g/mol. The molecule has 0 unspecified atom stereocenters. The lowest BCUT2D eigenvalue weighted by Gasteiger charge is -2.61. The number of hydrogen-bond donors (Lipinski definition) is 1. The van der Waals surface area contributed by atoms with Crippen molar-refractivity contribution in [2.24, 2.45) is 17.3 Å². The van der Waals surface area contributed by atoms with E-state index in [-0.39, 0.29) is 16.7 Å². The maximum atomic E-state index is 13.5. The van der Waals surface area contributed by atoms with Crippen LogP contribution in [0.2, 0.25) is 0 Å². The van der Waals surface area contributed by atoms with E-state index in [1.54, 1.807) is 0 Å². The Hall–Kier alpha value is -2.09. The van der Waals surface area contributed by atoms with Crippen molar-refractivity contribution < 1.29 is 4.79 Å². The van der Waals surface area contributed by atoms with Crippen LogP contribution in [0.15, 0.2) is 48.5 Å². The maximum Gasteiger partial charge on any atom is 0.230 e. The summed E-state index contributed by atoms with van der Waals surface area (Å²) in [7, 11) is 0. The number of aryl methyl sites for hydroxylation is 2. The van der Waals surface area contributed by atoms with Gasteiger partial charge in [-0.2, -0.15) is 0 Å². The highest BCUT2D eigenvalue weighted by atomic mass is 16.2. The van der Waals surface area contributed by atoms with Crippen molar-refractivity contribution in [1.82, 2.24) is 0 Å². The summed E-state index contributed by atoms with van der Waals surface area (Å²) in [6.07, 6.45) is 7.04. The lowest BCUT2D eigenvalue weighted by atomic mass is 9.42. The van der Waals surface area contributed by atoms with Crippen LogP contribution in [-0.2, 0) is 10.2 Å². The van der Waals surface area contributed by atoms with Crippen molar-refractivity contribution in [2.75, 3.05) is 5.32 Å². The van der Waals surface area contributed by atoms with E-state index in [1.807, 2.05) is 18.2 Å². The molecule has 6 rings (SSSR count). The van der Waals surface area contributed by atoms with Crippen LogP contribution >= 0.6 is 0 Å². The summed E-state index contributed by atoms with van der Waals surface area (Å²) in [6, 6.07) is 17.3. The van der Waals surface area contributed by atoms with E-state index >= 15 is 0 Å². The van der Waals surface area contributed by atoms with Crippen molar-refractivity contribution in [3.05, 3.63) is 65.2 Å². The molecule has 4 fully saturated rings. The molecule has 0 aromatic heterocycles. The van der Waals surface area contributed by atoms with E-state index in [1.165, 1.54) is 30.4 Å². The SMILES string of the molecule is Cc1ccc(C23C[C@H]4C[C@@H](CC(C(=O)Nc5ccccc5C)(C4)C2)C3)cc1. The van der Waals surface area contributed by atoms with Crippen LogP contribution in [0.4, 0.5) is 5.69 Å². The number of anilines is 1. The summed E-state index contributed by atoms with van der Waals surface area (Å²) in [5, 5.41) is 3.31. The molecule has 2 heteroatoms. The first-order valence-electron chi connectivity index (χ1n) is 10.4. The van der Waals surface area contributed by atoms with Crippen molar-refractivity contribution in [3.8, 4) is 0 Å². The fourth-order valence-corrected chi connectivity index (χ4v) is 6.74. The van der Waals surface area contributed by atoms with Gasteiger partial charge in [0.1, 0.15) is 0 Å². The molecule has 4 aliphatic rings. The summed E-state index contributed by atoms with van der Waals surface area (Å²) >= 11 is 0. The van der Waals surface area contributed by atoms with Gasteiger partial charge in [0.25, 0.3) is 0 Å². The molecule has 0 radical (unpaired) electrons. The van der Waals surface area contributed by atoms with E-state index in [4.69, 9.17) is 0 Å². The smallest absolute Gasteiger partial charge is 0.230 e. The second-order valence-corrected chi connectivity index (χ2v) is 9.66. The second kappa shape index (κ2) is 5.95. The zero-order chi connectivity index (χ0) is 18.6. The summed E-state index contributed by atoms with van der Waals surface area (Å²) in [4.78, 5) is 13.5. The first kappa shape index (κ1) is 17.0. The molecule has 2 nitrogen and oxygen atoms in total. The summed E-state index contributed by atoms with van der Waals surface area (Å²) in [5.74, 6) is 1.67. The van der Waals surface area contributed by atoms with E-state index in [9.17, 15) is 4.79 Å². The Kier molecular flexibility index (Phi) is 3.76. The maximum absolute atomic E-state index is 13.5. The fourth-order valence-electron chi connectivity index (χ4n) is 6.74. The quantitative estimate of drug-likeness (QED) is 0.739. The number of carbonyl (C=O) groups is 1. The van der Waals surface area contributed by atoms with Gasteiger partial charge in [-0.25, -0.2) is 0 Å². The second-order valence-electron chi connectivity index (χ2n) is 9.66. The van der Waals surface area contributed by atoms with E-state index in [0.717, 1.165) is 30.5 Å². The van der Waals surface area contributed by atoms with Gasteiger partial charge < -0.3 is 5.32 Å². The average Bonchev–Trinajstić information content (AvgIpc) is 2.63. The highest BCUT2D eigenvalue weighted by Gasteiger charge is 2.60. The summed E-state index contributed by atoms with van der Waals surface area (Å²) < 4.78 is 0. The van der Waals surface area contributed by atoms with Gasteiger partial charge in [-0.15, -0.1) is 0 Å². The van der Waals surface area contributed by atoms with Gasteiger partial charge in [-0.1, -0.05) is 48.0 Å². The normalized spacial score (nSPS) is 33.9. The van der Waals surface area contributed by atoms with Gasteiger partial charge in [-0.3, -0.25) is 4.79 Å². The van der Waals surface area contributed by atoms with Gasteiger partial charge in [0.05, 0.1) is 5.41 Å². The van der Waals surface area contributed by atoms with Crippen molar-refractivity contribution in [1.29, 1.82) is 0 Å². The number of amides is 1. The molecule has 2 aromatic rings. The number of carbonyl (C=O) groups excluding carboxylic acids is 1. The largest absolute Gasteiger partial charge is 0.325 e. The van der Waals surface area contributed by atoms with Gasteiger partial charge in [-0.05, 0) is 86.8 Å². The Morgan fingerprint density at radius 1 is 0.926 bits per heavy atom. The van der Waals surface area contributed by atoms with Crippen LogP contribution in [0.25, 0.3) is 0 Å². The van der Waals surface area contributed by atoms with Crippen molar-refractivity contribution >= 4 is 11.6 Å². The Balaban J connectivity index is 1.49. The first-order valence-corrected chi connectivity index (χ1v) is 10.4. The number of nitrogens with one attached hydrogen (secondary N) is 1. The molecule has 1 amide bonds. The Bertz CT molecular complexity index is 867. The molecule has 2 atom stereocenters. The third-order valence-corrected chi connectivity index (χ3v) is 7.60. The highest BCUT2D eigenvalue weighted by Crippen LogP contribution is 2.66. The Labute approximate surface area is 162 Å². The molecule has 0 heterocycles. The average molecular weight is 360 g/mol. The summed E-state index contributed by atoms with van der Waals surface area (Å²) in [5.41, 5.74) is 4.93. The van der Waals surface area contributed by atoms with Crippen molar-refractivity contribution in [2.45, 2.75) is 57.8 Å². The molecule has 4 aliphatic carbocycles. The van der Waals surface area contributed by atoms with Gasteiger partial charge in [0, 0.05) is 5.69 Å². The van der Waals surface area contributed by atoms with Crippen LogP contribution in [0.5, 0.6) is 0 Å². The molecule has 4 bridgehead atoms. The third kappa shape index (κ3) is 2.72. The zero-order valence-electron chi connectivity index (χ0n) is 16.4. The number of para-hydroxylation sites is 1. The minimum Gasteiger partial charge on any atom is -0.325 e. The number of benzene rings is 2. The topological polar surface area (TPSA) is 29.1 Å². The minimum absolute atomic E-state index is 0.183. The molecule has 1 N–H and O–H groups in total. The number of rotatable bonds is 3. The molecule has 4 saturated carbocycles. The molecule has 0 saturated heterocycles. The van der Waals surface area contributed by atoms with Crippen LogP contribution in [0, 0.1) is 31.1 Å². The van der Waals surface area contributed by atoms with Crippen LogP contribution in [0.1, 0.15) is 55.2 Å². The van der Waals surface area contributed by atoms with Crippen molar-refractivity contribution in [3.63, 3.8) is 0 Å². The predicted molar refractivity (Wildman–Crippen MR) is 110 cm³/mol. The van der Waals surface area contributed by atoms with Gasteiger partial charge >= 0.3 is 0 Å². The van der Waals surface area contributed by atoms with E-state index < -0.39 is 0 Å². The Morgan fingerprint density at radius 2 is 1.59 bits per heavy atom. The predicted octanol–water partition coefficient (Wildman–Crippen LogP) is 5.78. The van der Waals surface area contributed by atoms with Crippen LogP contribution in [0.3, 0.4) is 0 Å². The number of hydrogen-bond acceptors (Lipinski definition) is 1. The highest BCUT2D eigenvalue weighted by molar-refractivity contribution is 5.96. The first-order chi connectivity index (χ1) is 13.0. The fraction of sp³-hybridized carbons (Fsp3) is 0.480. The molecule has 140 valence electrons. The lowest BCUT2D eigenvalue weighted by Crippen LogP contribution is -2.58. The minimum atomic E-state index is -0.183. The standard InChI is InChI=1S/C25H29NO/c1-17-7-9-21(10-8-17)24-12-19-11-20(13-24)15-25(14-19,16-24)23(27)26-22-6-4-3-5-18(22)2/h3-10,19-20H,11-16H2,1-2H3,(H,26,27)/t19-,20-,24?,25?/m1/s1. The molecule has 0 spiro atoms. The van der Waals surface area contributed by atoms with Crippen LogP contribution < -0.4 is 5.32 Å². The monoisotopic (exact) mass is 359 g/mol. The molecular formula is C25H29NO. The zero-order valence-corrected chi connectivity index (χ0v) is 16.4. The van der Waals surface area contributed by atoms with Gasteiger partial charge in [0.15, 0.2) is 0 Å². The lowest BCUT2D eigenvalue weighted by molar-refractivity contribution is -0.143.